The van der Waals surface area contributed by atoms with Gasteiger partial charge in [-0.05, 0) is 59.7 Å². The van der Waals surface area contributed by atoms with Crippen molar-refractivity contribution in [3.8, 4) is 5.69 Å². The highest BCUT2D eigenvalue weighted by atomic mass is 16.1. The summed E-state index contributed by atoms with van der Waals surface area (Å²) in [5.74, 6) is -0.130. The number of hydrogen-bond acceptors (Lipinski definition) is 4. The van der Waals surface area contributed by atoms with Crippen LogP contribution in [0.25, 0.3) is 5.69 Å². The van der Waals surface area contributed by atoms with Crippen molar-refractivity contribution in [2.45, 2.75) is 13.8 Å². The molecule has 0 saturated heterocycles. The van der Waals surface area contributed by atoms with Crippen molar-refractivity contribution in [2.24, 2.45) is 0 Å². The average Bonchev–Trinajstić information content (AvgIpc) is 3.04. The molecule has 0 aliphatic heterocycles. The van der Waals surface area contributed by atoms with Crippen LogP contribution in [0, 0.1) is 13.8 Å². The zero-order valence-corrected chi connectivity index (χ0v) is 12.3. The van der Waals surface area contributed by atoms with Crippen molar-refractivity contribution < 1.29 is 4.79 Å². The second-order valence-electron chi connectivity index (χ2n) is 5.01. The van der Waals surface area contributed by atoms with Gasteiger partial charge in [0.25, 0.3) is 5.91 Å². The molecule has 0 fully saturated rings. The standard InChI is InChI=1S/C16H15N5O/c1-11-5-3-8-15(12(11)2)16(22)18-13-6-4-7-14(9-13)21-10-17-19-20-21/h3-10H,1-2H3,(H,18,22). The lowest BCUT2D eigenvalue weighted by atomic mass is 10.0. The van der Waals surface area contributed by atoms with E-state index in [1.165, 1.54) is 11.0 Å². The summed E-state index contributed by atoms with van der Waals surface area (Å²) in [5.41, 5.74) is 4.22. The number of benzene rings is 2. The van der Waals surface area contributed by atoms with Crippen LogP contribution in [0.2, 0.25) is 0 Å². The summed E-state index contributed by atoms with van der Waals surface area (Å²) in [5, 5.41) is 13.9. The van der Waals surface area contributed by atoms with Crippen LogP contribution in [0.15, 0.2) is 48.8 Å². The third kappa shape index (κ3) is 2.71. The van der Waals surface area contributed by atoms with E-state index in [1.807, 2.05) is 56.3 Å². The Morgan fingerprint density at radius 2 is 1.95 bits per heavy atom. The van der Waals surface area contributed by atoms with E-state index in [0.717, 1.165) is 16.8 Å². The SMILES string of the molecule is Cc1cccc(C(=O)Nc2cccc(-n3cnnn3)c2)c1C. The maximum absolute atomic E-state index is 12.4. The van der Waals surface area contributed by atoms with Gasteiger partial charge in [-0.25, -0.2) is 4.68 Å². The fourth-order valence-electron chi connectivity index (χ4n) is 2.20. The van der Waals surface area contributed by atoms with Crippen molar-refractivity contribution >= 4 is 11.6 Å². The predicted molar refractivity (Wildman–Crippen MR) is 83.0 cm³/mol. The topological polar surface area (TPSA) is 72.7 Å². The zero-order chi connectivity index (χ0) is 15.5. The quantitative estimate of drug-likeness (QED) is 0.805. The molecule has 1 N–H and O–H groups in total. The number of anilines is 1. The Morgan fingerprint density at radius 1 is 1.14 bits per heavy atom. The minimum Gasteiger partial charge on any atom is -0.322 e. The average molecular weight is 293 g/mol. The third-order valence-corrected chi connectivity index (χ3v) is 3.57. The Kier molecular flexibility index (Phi) is 3.65. The fraction of sp³-hybridized carbons (Fsp3) is 0.125. The molecule has 0 aliphatic rings. The summed E-state index contributed by atoms with van der Waals surface area (Å²) in [4.78, 5) is 12.4. The fourth-order valence-corrected chi connectivity index (χ4v) is 2.20. The van der Waals surface area contributed by atoms with Gasteiger partial charge in [-0.15, -0.1) is 5.10 Å². The molecule has 1 amide bonds. The van der Waals surface area contributed by atoms with Gasteiger partial charge in [0, 0.05) is 11.3 Å². The molecule has 0 unspecified atom stereocenters. The molecular weight excluding hydrogens is 278 g/mol. The van der Waals surface area contributed by atoms with Crippen LogP contribution >= 0.6 is 0 Å². The monoisotopic (exact) mass is 293 g/mol. The molecule has 6 heteroatoms. The molecule has 3 rings (SSSR count). The minimum absolute atomic E-state index is 0.130. The van der Waals surface area contributed by atoms with E-state index < -0.39 is 0 Å². The van der Waals surface area contributed by atoms with Crippen molar-refractivity contribution in [1.82, 2.24) is 20.2 Å². The number of carbonyl (C=O) groups is 1. The van der Waals surface area contributed by atoms with Crippen LogP contribution < -0.4 is 5.32 Å². The van der Waals surface area contributed by atoms with Crippen LogP contribution in [-0.4, -0.2) is 26.1 Å². The van der Waals surface area contributed by atoms with Gasteiger partial charge in [-0.3, -0.25) is 4.79 Å². The van der Waals surface area contributed by atoms with E-state index >= 15 is 0 Å². The van der Waals surface area contributed by atoms with Gasteiger partial charge in [-0.2, -0.15) is 0 Å². The number of aromatic nitrogens is 4. The van der Waals surface area contributed by atoms with Crippen LogP contribution in [0.4, 0.5) is 5.69 Å². The van der Waals surface area contributed by atoms with Crippen molar-refractivity contribution in [2.75, 3.05) is 5.32 Å². The summed E-state index contributed by atoms with van der Waals surface area (Å²) < 4.78 is 1.54. The second-order valence-corrected chi connectivity index (χ2v) is 5.01. The van der Waals surface area contributed by atoms with Gasteiger partial charge < -0.3 is 5.32 Å². The summed E-state index contributed by atoms with van der Waals surface area (Å²) in [6, 6.07) is 13.1. The highest BCUT2D eigenvalue weighted by Gasteiger charge is 2.10. The van der Waals surface area contributed by atoms with Crippen molar-refractivity contribution in [3.05, 3.63) is 65.5 Å². The number of rotatable bonds is 3. The van der Waals surface area contributed by atoms with Crippen molar-refractivity contribution in [3.63, 3.8) is 0 Å². The molecule has 1 heterocycles. The highest BCUT2D eigenvalue weighted by molar-refractivity contribution is 6.05. The summed E-state index contributed by atoms with van der Waals surface area (Å²) in [7, 11) is 0. The van der Waals surface area contributed by atoms with Crippen LogP contribution in [-0.2, 0) is 0 Å². The van der Waals surface area contributed by atoms with E-state index in [1.54, 1.807) is 0 Å². The van der Waals surface area contributed by atoms with Crippen molar-refractivity contribution in [1.29, 1.82) is 0 Å². The molecule has 0 bridgehead atoms. The Balaban J connectivity index is 1.86. The molecule has 22 heavy (non-hydrogen) atoms. The molecule has 1 aromatic heterocycles. The molecule has 0 spiro atoms. The molecular formula is C16H15N5O. The summed E-state index contributed by atoms with van der Waals surface area (Å²) in [6.07, 6.45) is 1.51. The normalized spacial score (nSPS) is 10.5. The lowest BCUT2D eigenvalue weighted by molar-refractivity contribution is 0.102. The first kappa shape index (κ1) is 13.9. The first-order chi connectivity index (χ1) is 10.6. The van der Waals surface area contributed by atoms with Gasteiger partial charge >= 0.3 is 0 Å². The maximum Gasteiger partial charge on any atom is 0.255 e. The molecule has 6 nitrogen and oxygen atoms in total. The number of tetrazole rings is 1. The second kappa shape index (κ2) is 5.77. The van der Waals surface area contributed by atoms with E-state index in [4.69, 9.17) is 0 Å². The number of nitrogens with one attached hydrogen (secondary N) is 1. The lowest BCUT2D eigenvalue weighted by Crippen LogP contribution is -2.14. The first-order valence-electron chi connectivity index (χ1n) is 6.86. The molecule has 2 aromatic carbocycles. The van der Waals surface area contributed by atoms with Crippen LogP contribution in [0.5, 0.6) is 0 Å². The largest absolute Gasteiger partial charge is 0.322 e. The summed E-state index contributed by atoms with van der Waals surface area (Å²) >= 11 is 0. The Hall–Kier alpha value is -3.02. The third-order valence-electron chi connectivity index (χ3n) is 3.57. The summed E-state index contributed by atoms with van der Waals surface area (Å²) in [6.45, 7) is 3.94. The highest BCUT2D eigenvalue weighted by Crippen LogP contribution is 2.17. The Labute approximate surface area is 127 Å². The smallest absolute Gasteiger partial charge is 0.255 e. The number of amides is 1. The minimum atomic E-state index is -0.130. The van der Waals surface area contributed by atoms with E-state index in [9.17, 15) is 4.79 Å². The van der Waals surface area contributed by atoms with Gasteiger partial charge in [0.1, 0.15) is 6.33 Å². The Morgan fingerprint density at radius 3 is 2.73 bits per heavy atom. The number of aryl methyl sites for hydroxylation is 1. The van der Waals surface area contributed by atoms with Crippen LogP contribution in [0.3, 0.4) is 0 Å². The van der Waals surface area contributed by atoms with Gasteiger partial charge in [0.2, 0.25) is 0 Å². The molecule has 0 aliphatic carbocycles. The van der Waals surface area contributed by atoms with Gasteiger partial charge in [-0.1, -0.05) is 18.2 Å². The van der Waals surface area contributed by atoms with Gasteiger partial charge in [0.05, 0.1) is 5.69 Å². The number of carbonyl (C=O) groups excluding carboxylic acids is 1. The first-order valence-corrected chi connectivity index (χ1v) is 6.86. The van der Waals surface area contributed by atoms with Crippen LogP contribution in [0.1, 0.15) is 21.5 Å². The molecule has 110 valence electrons. The Bertz CT molecular complexity index is 811. The molecule has 3 aromatic rings. The molecule has 0 atom stereocenters. The maximum atomic E-state index is 12.4. The van der Waals surface area contributed by atoms with E-state index in [2.05, 4.69) is 20.8 Å². The van der Waals surface area contributed by atoms with E-state index in [0.29, 0.717) is 11.3 Å². The molecule has 0 radical (unpaired) electrons. The van der Waals surface area contributed by atoms with Gasteiger partial charge in [0.15, 0.2) is 0 Å². The number of nitrogens with zero attached hydrogens (tertiary/aromatic N) is 4. The zero-order valence-electron chi connectivity index (χ0n) is 12.3. The van der Waals surface area contributed by atoms with E-state index in [-0.39, 0.29) is 5.91 Å². The lowest BCUT2D eigenvalue weighted by Gasteiger charge is -2.10. The molecule has 0 saturated carbocycles. The number of hydrogen-bond donors (Lipinski definition) is 1. The predicted octanol–water partition coefficient (Wildman–Crippen LogP) is 2.53.